The van der Waals surface area contributed by atoms with Gasteiger partial charge in [0.25, 0.3) is 0 Å². The van der Waals surface area contributed by atoms with E-state index >= 15 is 0 Å². The van der Waals surface area contributed by atoms with Gasteiger partial charge in [-0.15, -0.1) is 0 Å². The molecule has 17 heavy (non-hydrogen) atoms. The number of nitrogens with one attached hydrogen (secondary N) is 1. The van der Waals surface area contributed by atoms with Crippen molar-refractivity contribution in [1.82, 2.24) is 10.2 Å². The van der Waals surface area contributed by atoms with Crippen molar-refractivity contribution < 1.29 is 4.74 Å². The van der Waals surface area contributed by atoms with Crippen LogP contribution in [0.1, 0.15) is 41.0 Å². The molecular weight excluding hydrogens is 212 g/mol. The van der Waals surface area contributed by atoms with Crippen molar-refractivity contribution in [1.29, 1.82) is 0 Å². The van der Waals surface area contributed by atoms with E-state index in [1.54, 1.807) is 7.11 Å². The van der Waals surface area contributed by atoms with Crippen LogP contribution in [0.2, 0.25) is 0 Å². The molecule has 1 saturated heterocycles. The summed E-state index contributed by atoms with van der Waals surface area (Å²) in [5.74, 6) is 0.750. The average molecular weight is 242 g/mol. The van der Waals surface area contributed by atoms with Gasteiger partial charge in [0.15, 0.2) is 0 Å². The standard InChI is InChI=1S/C14H30N2O/c1-11(2)7-13-8-15-14(4,5)10-16(13)12(3)9-17-6/h11-13,15H,7-10H2,1-6H3. The van der Waals surface area contributed by atoms with E-state index < -0.39 is 0 Å². The predicted octanol–water partition coefficient (Wildman–Crippen LogP) is 2.12. The fourth-order valence-corrected chi connectivity index (χ4v) is 2.77. The van der Waals surface area contributed by atoms with Gasteiger partial charge in [-0.1, -0.05) is 13.8 Å². The number of hydrogen-bond donors (Lipinski definition) is 1. The van der Waals surface area contributed by atoms with E-state index in [9.17, 15) is 0 Å². The highest BCUT2D eigenvalue weighted by Gasteiger charge is 2.34. The van der Waals surface area contributed by atoms with Gasteiger partial charge in [0, 0.05) is 37.8 Å². The molecule has 0 radical (unpaired) electrons. The second-order valence-electron chi connectivity index (χ2n) is 6.52. The van der Waals surface area contributed by atoms with Crippen LogP contribution in [0.4, 0.5) is 0 Å². The zero-order valence-corrected chi connectivity index (χ0v) is 12.4. The van der Waals surface area contributed by atoms with Gasteiger partial charge in [0.2, 0.25) is 0 Å². The van der Waals surface area contributed by atoms with E-state index in [-0.39, 0.29) is 5.54 Å². The van der Waals surface area contributed by atoms with Crippen molar-refractivity contribution in [3.8, 4) is 0 Å². The van der Waals surface area contributed by atoms with Crippen LogP contribution >= 0.6 is 0 Å². The minimum atomic E-state index is 0.218. The Kier molecular flexibility index (Phi) is 5.42. The molecule has 0 saturated carbocycles. The summed E-state index contributed by atoms with van der Waals surface area (Å²) in [5, 5.41) is 3.66. The molecule has 0 amide bonds. The SMILES string of the molecule is COCC(C)N1CC(C)(C)NCC1CC(C)C. The molecule has 2 unspecified atom stereocenters. The topological polar surface area (TPSA) is 24.5 Å². The number of hydrogen-bond acceptors (Lipinski definition) is 3. The van der Waals surface area contributed by atoms with E-state index in [0.717, 1.165) is 25.6 Å². The average Bonchev–Trinajstić information content (AvgIpc) is 2.20. The fourth-order valence-electron chi connectivity index (χ4n) is 2.77. The highest BCUT2D eigenvalue weighted by Crippen LogP contribution is 2.22. The van der Waals surface area contributed by atoms with Gasteiger partial charge in [-0.05, 0) is 33.1 Å². The van der Waals surface area contributed by atoms with Crippen molar-refractivity contribution in [2.75, 3.05) is 26.8 Å². The van der Waals surface area contributed by atoms with E-state index in [4.69, 9.17) is 4.74 Å². The lowest BCUT2D eigenvalue weighted by atomic mass is 9.93. The number of rotatable bonds is 5. The molecule has 2 atom stereocenters. The van der Waals surface area contributed by atoms with Gasteiger partial charge in [0.1, 0.15) is 0 Å². The van der Waals surface area contributed by atoms with Gasteiger partial charge in [-0.2, -0.15) is 0 Å². The molecule has 0 aromatic carbocycles. The highest BCUT2D eigenvalue weighted by atomic mass is 16.5. The largest absolute Gasteiger partial charge is 0.383 e. The van der Waals surface area contributed by atoms with Gasteiger partial charge in [0.05, 0.1) is 6.61 Å². The normalized spacial score (nSPS) is 27.4. The number of nitrogens with zero attached hydrogens (tertiary/aromatic N) is 1. The van der Waals surface area contributed by atoms with Crippen LogP contribution in [0, 0.1) is 5.92 Å². The summed E-state index contributed by atoms with van der Waals surface area (Å²) in [6, 6.07) is 1.15. The third-order valence-corrected chi connectivity index (χ3v) is 3.58. The second-order valence-corrected chi connectivity index (χ2v) is 6.52. The molecule has 1 N–H and O–H groups in total. The summed E-state index contributed by atoms with van der Waals surface area (Å²) in [6.45, 7) is 14.5. The van der Waals surface area contributed by atoms with Crippen LogP contribution in [0.5, 0.6) is 0 Å². The molecule has 1 rings (SSSR count). The Morgan fingerprint density at radius 3 is 2.53 bits per heavy atom. The third kappa shape index (κ3) is 4.57. The molecule has 0 aliphatic carbocycles. The maximum Gasteiger partial charge on any atom is 0.0615 e. The quantitative estimate of drug-likeness (QED) is 0.799. The molecule has 1 heterocycles. The molecule has 0 spiro atoms. The molecular formula is C14H30N2O. The minimum Gasteiger partial charge on any atom is -0.383 e. The Labute approximate surface area is 107 Å². The lowest BCUT2D eigenvalue weighted by molar-refractivity contribution is 0.0165. The summed E-state index contributed by atoms with van der Waals surface area (Å²) in [7, 11) is 1.79. The molecule has 0 aromatic rings. The van der Waals surface area contributed by atoms with Crippen LogP contribution in [0.3, 0.4) is 0 Å². The van der Waals surface area contributed by atoms with Crippen LogP contribution in [0.25, 0.3) is 0 Å². The van der Waals surface area contributed by atoms with Crippen LogP contribution in [-0.2, 0) is 4.74 Å². The first-order chi connectivity index (χ1) is 7.85. The monoisotopic (exact) mass is 242 g/mol. The number of piperazine rings is 1. The first kappa shape index (κ1) is 14.9. The summed E-state index contributed by atoms with van der Waals surface area (Å²) >= 11 is 0. The lowest BCUT2D eigenvalue weighted by Gasteiger charge is -2.47. The van der Waals surface area contributed by atoms with Crippen molar-refractivity contribution in [3.05, 3.63) is 0 Å². The van der Waals surface area contributed by atoms with Crippen molar-refractivity contribution in [2.24, 2.45) is 5.92 Å². The molecule has 0 bridgehead atoms. The Morgan fingerprint density at radius 2 is 2.00 bits per heavy atom. The summed E-state index contributed by atoms with van der Waals surface area (Å²) in [4.78, 5) is 2.62. The van der Waals surface area contributed by atoms with Gasteiger partial charge in [-0.3, -0.25) is 4.90 Å². The van der Waals surface area contributed by atoms with E-state index in [2.05, 4.69) is 44.8 Å². The Balaban J connectivity index is 2.67. The Bertz CT molecular complexity index is 228. The van der Waals surface area contributed by atoms with Gasteiger partial charge >= 0.3 is 0 Å². The van der Waals surface area contributed by atoms with Crippen LogP contribution in [-0.4, -0.2) is 49.3 Å². The second kappa shape index (κ2) is 6.17. The van der Waals surface area contributed by atoms with Crippen molar-refractivity contribution in [3.63, 3.8) is 0 Å². The Morgan fingerprint density at radius 1 is 1.35 bits per heavy atom. The number of methoxy groups -OCH3 is 1. The zero-order valence-electron chi connectivity index (χ0n) is 12.4. The van der Waals surface area contributed by atoms with E-state index in [1.165, 1.54) is 6.42 Å². The molecule has 0 aromatic heterocycles. The van der Waals surface area contributed by atoms with Crippen LogP contribution in [0.15, 0.2) is 0 Å². The highest BCUT2D eigenvalue weighted by molar-refractivity contribution is 4.94. The van der Waals surface area contributed by atoms with Crippen LogP contribution < -0.4 is 5.32 Å². The first-order valence-electron chi connectivity index (χ1n) is 6.85. The zero-order chi connectivity index (χ0) is 13.1. The van der Waals surface area contributed by atoms with Gasteiger partial charge < -0.3 is 10.1 Å². The predicted molar refractivity (Wildman–Crippen MR) is 73.4 cm³/mol. The summed E-state index contributed by atoms with van der Waals surface area (Å²) in [6.07, 6.45) is 1.26. The maximum atomic E-state index is 5.32. The van der Waals surface area contributed by atoms with E-state index in [1.807, 2.05) is 0 Å². The molecule has 102 valence electrons. The smallest absolute Gasteiger partial charge is 0.0615 e. The Hall–Kier alpha value is -0.120. The lowest BCUT2D eigenvalue weighted by Crippen LogP contribution is -2.64. The maximum absolute atomic E-state index is 5.32. The minimum absolute atomic E-state index is 0.218. The van der Waals surface area contributed by atoms with Gasteiger partial charge in [-0.25, -0.2) is 0 Å². The molecule has 1 aliphatic heterocycles. The molecule has 3 heteroatoms. The molecule has 3 nitrogen and oxygen atoms in total. The van der Waals surface area contributed by atoms with Crippen molar-refractivity contribution in [2.45, 2.75) is 58.7 Å². The van der Waals surface area contributed by atoms with Crippen molar-refractivity contribution >= 4 is 0 Å². The number of ether oxygens (including phenoxy) is 1. The first-order valence-corrected chi connectivity index (χ1v) is 6.85. The fraction of sp³-hybridized carbons (Fsp3) is 1.00. The molecule has 1 aliphatic rings. The molecule has 1 fully saturated rings. The third-order valence-electron chi connectivity index (χ3n) is 3.58. The summed E-state index contributed by atoms with van der Waals surface area (Å²) < 4.78 is 5.32. The summed E-state index contributed by atoms with van der Waals surface area (Å²) in [5.41, 5.74) is 0.218. The van der Waals surface area contributed by atoms with E-state index in [0.29, 0.717) is 12.1 Å².